The summed E-state index contributed by atoms with van der Waals surface area (Å²) < 4.78 is 17.1. The van der Waals surface area contributed by atoms with Crippen LogP contribution in [0.1, 0.15) is 52.4 Å². The molecule has 128 valence electrons. The molecule has 2 aliphatic carbocycles. The molecule has 22 heavy (non-hydrogen) atoms. The van der Waals surface area contributed by atoms with Gasteiger partial charge >= 0.3 is 6.03 Å². The Morgan fingerprint density at radius 3 is 2.64 bits per heavy atom. The summed E-state index contributed by atoms with van der Waals surface area (Å²) in [4.78, 5) is 12.2. The highest BCUT2D eigenvalue weighted by molar-refractivity contribution is 7.84. The minimum Gasteiger partial charge on any atom is -0.378 e. The first-order chi connectivity index (χ1) is 10.5. The molecule has 2 rings (SSSR count). The lowest BCUT2D eigenvalue weighted by atomic mass is 9.55. The number of hydrogen-bond acceptors (Lipinski definition) is 3. The molecular weight excluding hydrogens is 300 g/mol. The van der Waals surface area contributed by atoms with Gasteiger partial charge in [0.15, 0.2) is 0 Å². The van der Waals surface area contributed by atoms with E-state index in [0.29, 0.717) is 11.9 Å². The SMILES string of the molecule is CCO[C@@H]1C[C@H](NC(=O)N[C@@H](C)C[S@](C)=O)C12CCCCC2. The van der Waals surface area contributed by atoms with Gasteiger partial charge in [-0.05, 0) is 33.1 Å². The number of hydrogen-bond donors (Lipinski definition) is 2. The fourth-order valence-electron chi connectivity index (χ4n) is 4.08. The van der Waals surface area contributed by atoms with Gasteiger partial charge in [-0.2, -0.15) is 0 Å². The lowest BCUT2D eigenvalue weighted by Gasteiger charge is -2.57. The molecular formula is C16H30N2O3S. The highest BCUT2D eigenvalue weighted by Crippen LogP contribution is 2.53. The number of carbonyl (C=O) groups excluding carboxylic acids is 1. The van der Waals surface area contributed by atoms with E-state index < -0.39 is 10.8 Å². The largest absolute Gasteiger partial charge is 0.378 e. The molecule has 5 nitrogen and oxygen atoms in total. The summed E-state index contributed by atoms with van der Waals surface area (Å²) in [6.07, 6.45) is 8.92. The number of carbonyl (C=O) groups is 1. The number of nitrogens with one attached hydrogen (secondary N) is 2. The van der Waals surface area contributed by atoms with E-state index in [4.69, 9.17) is 4.74 Å². The van der Waals surface area contributed by atoms with Crippen LogP contribution in [0.4, 0.5) is 4.79 Å². The molecule has 2 amide bonds. The highest BCUT2D eigenvalue weighted by Gasteiger charge is 2.56. The first-order valence-corrected chi connectivity index (χ1v) is 10.2. The molecule has 6 heteroatoms. The van der Waals surface area contributed by atoms with Crippen molar-refractivity contribution in [3.8, 4) is 0 Å². The second kappa shape index (κ2) is 7.77. The molecule has 2 saturated carbocycles. The predicted octanol–water partition coefficient (Wildman–Crippen LogP) is 2.18. The van der Waals surface area contributed by atoms with Crippen LogP contribution < -0.4 is 10.6 Å². The van der Waals surface area contributed by atoms with E-state index in [-0.39, 0.29) is 23.5 Å². The average molecular weight is 330 g/mol. The van der Waals surface area contributed by atoms with Crippen molar-refractivity contribution in [1.82, 2.24) is 10.6 Å². The first-order valence-electron chi connectivity index (χ1n) is 8.46. The Labute approximate surface area is 136 Å². The highest BCUT2D eigenvalue weighted by atomic mass is 32.2. The van der Waals surface area contributed by atoms with Gasteiger partial charge in [0.2, 0.25) is 0 Å². The van der Waals surface area contributed by atoms with E-state index in [1.165, 1.54) is 19.3 Å². The normalized spacial score (nSPS) is 29.4. The van der Waals surface area contributed by atoms with Crippen LogP contribution in [0.5, 0.6) is 0 Å². The molecule has 4 atom stereocenters. The summed E-state index contributed by atoms with van der Waals surface area (Å²) in [5.41, 5.74) is 0.141. The Morgan fingerprint density at radius 1 is 1.36 bits per heavy atom. The van der Waals surface area contributed by atoms with Crippen LogP contribution in [0.15, 0.2) is 0 Å². The van der Waals surface area contributed by atoms with E-state index >= 15 is 0 Å². The fraction of sp³-hybridized carbons (Fsp3) is 0.938. The minimum atomic E-state index is -0.894. The van der Waals surface area contributed by atoms with Gasteiger partial charge in [0.25, 0.3) is 0 Å². The third-order valence-electron chi connectivity index (χ3n) is 5.10. The minimum absolute atomic E-state index is 0.0732. The Balaban J connectivity index is 1.88. The van der Waals surface area contributed by atoms with E-state index in [0.717, 1.165) is 25.9 Å². The Hall–Kier alpha value is -0.620. The van der Waals surface area contributed by atoms with Crippen LogP contribution in [-0.4, -0.2) is 47.0 Å². The molecule has 0 heterocycles. The zero-order valence-corrected chi connectivity index (χ0v) is 14.8. The van der Waals surface area contributed by atoms with Crippen LogP contribution in [-0.2, 0) is 15.5 Å². The molecule has 0 aromatic rings. The van der Waals surface area contributed by atoms with Crippen molar-refractivity contribution in [1.29, 1.82) is 0 Å². The van der Waals surface area contributed by atoms with Gasteiger partial charge in [-0.15, -0.1) is 0 Å². The summed E-state index contributed by atoms with van der Waals surface area (Å²) >= 11 is 0. The van der Waals surface area contributed by atoms with Crippen LogP contribution in [0.2, 0.25) is 0 Å². The van der Waals surface area contributed by atoms with Crippen molar-refractivity contribution in [2.45, 2.75) is 70.6 Å². The average Bonchev–Trinajstić information content (AvgIpc) is 2.46. The summed E-state index contributed by atoms with van der Waals surface area (Å²) in [7, 11) is -0.894. The number of amides is 2. The zero-order chi connectivity index (χ0) is 16.2. The van der Waals surface area contributed by atoms with Crippen molar-refractivity contribution >= 4 is 16.8 Å². The molecule has 0 aliphatic heterocycles. The van der Waals surface area contributed by atoms with E-state index in [1.807, 2.05) is 13.8 Å². The maximum atomic E-state index is 12.2. The number of rotatable bonds is 6. The Morgan fingerprint density at radius 2 is 2.05 bits per heavy atom. The third-order valence-corrected chi connectivity index (χ3v) is 6.07. The molecule has 0 aromatic heterocycles. The zero-order valence-electron chi connectivity index (χ0n) is 14.0. The molecule has 2 N–H and O–H groups in total. The third kappa shape index (κ3) is 4.02. The second-order valence-corrected chi connectivity index (χ2v) is 8.26. The van der Waals surface area contributed by atoms with Gasteiger partial charge in [0.1, 0.15) is 0 Å². The lowest BCUT2D eigenvalue weighted by Crippen LogP contribution is -2.66. The first kappa shape index (κ1) is 17.7. The molecule has 0 saturated heterocycles. The molecule has 0 unspecified atom stereocenters. The van der Waals surface area contributed by atoms with Gasteiger partial charge in [-0.3, -0.25) is 4.21 Å². The topological polar surface area (TPSA) is 67.4 Å². The summed E-state index contributed by atoms with van der Waals surface area (Å²) in [6, 6.07) is 0.00225. The van der Waals surface area contributed by atoms with Gasteiger partial charge in [-0.25, -0.2) is 4.79 Å². The molecule has 0 radical (unpaired) electrons. The van der Waals surface area contributed by atoms with E-state index in [2.05, 4.69) is 10.6 Å². The van der Waals surface area contributed by atoms with Gasteiger partial charge in [0.05, 0.1) is 6.10 Å². The quantitative estimate of drug-likeness (QED) is 0.784. The lowest BCUT2D eigenvalue weighted by molar-refractivity contribution is -0.146. The number of ether oxygens (including phenoxy) is 1. The molecule has 2 fully saturated rings. The molecule has 0 aromatic carbocycles. The van der Waals surface area contributed by atoms with Crippen molar-refractivity contribution in [3.63, 3.8) is 0 Å². The Bertz CT molecular complexity index is 410. The van der Waals surface area contributed by atoms with E-state index in [9.17, 15) is 9.00 Å². The van der Waals surface area contributed by atoms with E-state index in [1.54, 1.807) is 6.26 Å². The van der Waals surface area contributed by atoms with Gasteiger partial charge in [0, 0.05) is 46.9 Å². The van der Waals surface area contributed by atoms with Gasteiger partial charge in [-0.1, -0.05) is 19.3 Å². The van der Waals surface area contributed by atoms with Crippen LogP contribution in [0.25, 0.3) is 0 Å². The van der Waals surface area contributed by atoms with Gasteiger partial charge < -0.3 is 15.4 Å². The second-order valence-electron chi connectivity index (χ2n) is 6.78. The van der Waals surface area contributed by atoms with Crippen molar-refractivity contribution in [3.05, 3.63) is 0 Å². The summed E-state index contributed by atoms with van der Waals surface area (Å²) in [5, 5.41) is 6.04. The monoisotopic (exact) mass is 330 g/mol. The maximum absolute atomic E-state index is 12.2. The smallest absolute Gasteiger partial charge is 0.315 e. The van der Waals surface area contributed by atoms with Crippen molar-refractivity contribution < 1.29 is 13.7 Å². The standard InChI is InChI=1S/C16H30N2O3S/c1-4-21-14-10-13(16(14)8-6-5-7-9-16)18-15(19)17-12(2)11-22(3)20/h12-14H,4-11H2,1-3H3,(H2,17,18,19)/t12-,13-,14+,22-/m0/s1. The van der Waals surface area contributed by atoms with Crippen LogP contribution >= 0.6 is 0 Å². The fourth-order valence-corrected chi connectivity index (χ4v) is 4.87. The molecule has 2 aliphatic rings. The maximum Gasteiger partial charge on any atom is 0.315 e. The van der Waals surface area contributed by atoms with Crippen LogP contribution in [0, 0.1) is 5.41 Å². The number of urea groups is 1. The van der Waals surface area contributed by atoms with Crippen molar-refractivity contribution in [2.24, 2.45) is 5.41 Å². The summed E-state index contributed by atoms with van der Waals surface area (Å²) in [5.74, 6) is 0.491. The van der Waals surface area contributed by atoms with Crippen molar-refractivity contribution in [2.75, 3.05) is 18.6 Å². The Kier molecular flexibility index (Phi) is 6.26. The molecule has 0 bridgehead atoms. The predicted molar refractivity (Wildman–Crippen MR) is 89.4 cm³/mol. The summed E-state index contributed by atoms with van der Waals surface area (Å²) in [6.45, 7) is 4.67. The molecule has 1 spiro atoms. The van der Waals surface area contributed by atoms with Crippen LogP contribution in [0.3, 0.4) is 0 Å².